The molecule has 0 radical (unpaired) electrons. The molecular weight excluding hydrogens is 394 g/mol. The largest absolute Gasteiger partial charge is 0.476 e. The van der Waals surface area contributed by atoms with Crippen LogP contribution in [0.2, 0.25) is 0 Å². The predicted molar refractivity (Wildman–Crippen MR) is 118 cm³/mol. The molecule has 31 heavy (non-hydrogen) atoms. The minimum atomic E-state index is -0.507. The molecular formula is C24H37N3O4. The molecule has 4 heterocycles. The zero-order chi connectivity index (χ0) is 21.8. The Bertz CT molecular complexity index is 743. The Hall–Kier alpha value is -1.86. The fourth-order valence-electron chi connectivity index (χ4n) is 5.12. The average Bonchev–Trinajstić information content (AvgIpc) is 2.74. The van der Waals surface area contributed by atoms with Crippen LogP contribution in [-0.2, 0) is 9.47 Å². The highest BCUT2D eigenvalue weighted by Gasteiger charge is 2.35. The van der Waals surface area contributed by atoms with Crippen molar-refractivity contribution in [2.24, 2.45) is 0 Å². The van der Waals surface area contributed by atoms with Crippen molar-refractivity contribution in [3.63, 3.8) is 0 Å². The van der Waals surface area contributed by atoms with Crippen LogP contribution in [0.25, 0.3) is 0 Å². The van der Waals surface area contributed by atoms with E-state index in [0.29, 0.717) is 19.1 Å². The third kappa shape index (κ3) is 5.89. The number of ether oxygens (including phenoxy) is 3. The lowest BCUT2D eigenvalue weighted by atomic mass is 9.83. The van der Waals surface area contributed by atoms with Crippen molar-refractivity contribution >= 4 is 6.09 Å². The number of nitrogens with zero attached hydrogens (tertiary/aromatic N) is 2. The van der Waals surface area contributed by atoms with E-state index in [1.807, 2.05) is 33.0 Å². The summed E-state index contributed by atoms with van der Waals surface area (Å²) < 4.78 is 18.1. The van der Waals surface area contributed by atoms with Crippen LogP contribution in [0.5, 0.6) is 5.88 Å². The van der Waals surface area contributed by atoms with Crippen LogP contribution in [-0.4, -0.2) is 66.1 Å². The molecule has 0 aromatic carbocycles. The first-order chi connectivity index (χ1) is 14.9. The smallest absolute Gasteiger partial charge is 0.407 e. The van der Waals surface area contributed by atoms with Crippen molar-refractivity contribution in [1.29, 1.82) is 0 Å². The van der Waals surface area contributed by atoms with Gasteiger partial charge in [0.25, 0.3) is 0 Å². The molecule has 1 saturated carbocycles. The summed E-state index contributed by atoms with van der Waals surface area (Å²) in [7, 11) is 0. The summed E-state index contributed by atoms with van der Waals surface area (Å²) in [5, 5.41) is 3.12. The van der Waals surface area contributed by atoms with Crippen molar-refractivity contribution in [3.8, 4) is 5.88 Å². The highest BCUT2D eigenvalue weighted by atomic mass is 16.6. The minimum Gasteiger partial charge on any atom is -0.476 e. The fraction of sp³-hybridized carbons (Fsp3) is 0.750. The summed E-state index contributed by atoms with van der Waals surface area (Å²) in [6, 6.07) is 4.30. The van der Waals surface area contributed by atoms with E-state index in [1.165, 1.54) is 5.56 Å². The van der Waals surface area contributed by atoms with Crippen LogP contribution in [0.3, 0.4) is 0 Å². The number of piperidine rings is 1. The molecule has 4 aliphatic rings. The quantitative estimate of drug-likeness (QED) is 0.728. The van der Waals surface area contributed by atoms with Gasteiger partial charge in [0.15, 0.2) is 0 Å². The van der Waals surface area contributed by atoms with E-state index in [1.54, 1.807) is 0 Å². The number of aromatic nitrogens is 1. The molecule has 2 fully saturated rings. The van der Waals surface area contributed by atoms with Crippen LogP contribution in [0.15, 0.2) is 18.3 Å². The molecule has 3 aliphatic heterocycles. The maximum atomic E-state index is 12.5. The summed E-state index contributed by atoms with van der Waals surface area (Å²) >= 11 is 0. The number of hydrogen-bond donors (Lipinski definition) is 1. The van der Waals surface area contributed by atoms with Gasteiger partial charge in [-0.3, -0.25) is 4.90 Å². The van der Waals surface area contributed by atoms with E-state index >= 15 is 0 Å². The predicted octanol–water partition coefficient (Wildman–Crippen LogP) is 3.87. The Labute approximate surface area is 185 Å². The Morgan fingerprint density at radius 3 is 2.77 bits per heavy atom. The molecule has 0 spiro atoms. The van der Waals surface area contributed by atoms with Gasteiger partial charge in [0.1, 0.15) is 12.2 Å². The van der Waals surface area contributed by atoms with Crippen molar-refractivity contribution in [1.82, 2.24) is 15.2 Å². The minimum absolute atomic E-state index is 0.00970. The number of nitrogens with one attached hydrogen (secondary N) is 1. The number of carbonyl (C=O) groups excluding carboxylic acids is 1. The van der Waals surface area contributed by atoms with Gasteiger partial charge in [0, 0.05) is 24.3 Å². The molecule has 7 nitrogen and oxygen atoms in total. The maximum absolute atomic E-state index is 12.5. The van der Waals surface area contributed by atoms with Gasteiger partial charge in [-0.15, -0.1) is 0 Å². The lowest BCUT2D eigenvalue weighted by Crippen LogP contribution is -2.58. The monoisotopic (exact) mass is 431 g/mol. The van der Waals surface area contributed by atoms with Crippen LogP contribution >= 0.6 is 0 Å². The van der Waals surface area contributed by atoms with Gasteiger partial charge >= 0.3 is 6.09 Å². The number of hydrogen-bond acceptors (Lipinski definition) is 6. The SMILES string of the molecule is CC(C)(C)OC(=O)N[C@H]1CCCN2CCOc3ncccc3C3CCC(CC3)OC[C@@H]12. The van der Waals surface area contributed by atoms with E-state index in [2.05, 4.69) is 21.3 Å². The van der Waals surface area contributed by atoms with Crippen LogP contribution in [0.4, 0.5) is 4.79 Å². The zero-order valence-electron chi connectivity index (χ0n) is 19.1. The van der Waals surface area contributed by atoms with E-state index < -0.39 is 5.60 Å². The van der Waals surface area contributed by atoms with Crippen LogP contribution in [0.1, 0.15) is 70.8 Å². The number of alkyl carbamates (subject to hydrolysis) is 1. The van der Waals surface area contributed by atoms with Crippen LogP contribution < -0.4 is 10.1 Å². The van der Waals surface area contributed by atoms with Gasteiger partial charge in [-0.05, 0) is 77.8 Å². The van der Waals surface area contributed by atoms with Gasteiger partial charge in [-0.2, -0.15) is 0 Å². The van der Waals surface area contributed by atoms with E-state index in [9.17, 15) is 4.79 Å². The summed E-state index contributed by atoms with van der Waals surface area (Å²) in [6.45, 7) is 8.64. The Morgan fingerprint density at radius 1 is 1.19 bits per heavy atom. The Morgan fingerprint density at radius 2 is 2.00 bits per heavy atom. The summed E-state index contributed by atoms with van der Waals surface area (Å²) in [6.07, 6.45) is 8.00. The van der Waals surface area contributed by atoms with Crippen molar-refractivity contribution < 1.29 is 19.0 Å². The highest BCUT2D eigenvalue weighted by Crippen LogP contribution is 2.38. The first kappa shape index (κ1) is 22.3. The van der Waals surface area contributed by atoms with E-state index in [0.717, 1.165) is 57.5 Å². The first-order valence-corrected chi connectivity index (χ1v) is 11.8. The molecule has 5 rings (SSSR count). The number of amides is 1. The average molecular weight is 432 g/mol. The summed E-state index contributed by atoms with van der Waals surface area (Å²) in [5.41, 5.74) is 0.729. The second kappa shape index (κ2) is 9.74. The molecule has 1 saturated heterocycles. The van der Waals surface area contributed by atoms with Gasteiger partial charge in [0.05, 0.1) is 18.8 Å². The lowest BCUT2D eigenvalue weighted by Gasteiger charge is -2.42. The molecule has 2 atom stereocenters. The summed E-state index contributed by atoms with van der Waals surface area (Å²) in [4.78, 5) is 19.4. The molecule has 1 N–H and O–H groups in total. The van der Waals surface area contributed by atoms with Gasteiger partial charge in [0.2, 0.25) is 5.88 Å². The molecule has 0 unspecified atom stereocenters. The number of fused-ring (bicyclic) bond motifs is 5. The number of pyridine rings is 1. The second-order valence-corrected chi connectivity index (χ2v) is 10.1. The zero-order valence-corrected chi connectivity index (χ0v) is 19.1. The molecule has 1 aromatic heterocycles. The third-order valence-electron chi connectivity index (χ3n) is 6.63. The van der Waals surface area contributed by atoms with Gasteiger partial charge in [-0.25, -0.2) is 9.78 Å². The summed E-state index contributed by atoms with van der Waals surface area (Å²) in [5.74, 6) is 1.27. The fourth-order valence-corrected chi connectivity index (χ4v) is 5.12. The highest BCUT2D eigenvalue weighted by molar-refractivity contribution is 5.68. The Balaban J connectivity index is 1.49. The number of carbonyl (C=O) groups is 1. The Kier molecular flexibility index (Phi) is 7.02. The van der Waals surface area contributed by atoms with E-state index in [-0.39, 0.29) is 24.3 Å². The normalized spacial score (nSPS) is 29.9. The van der Waals surface area contributed by atoms with Gasteiger partial charge < -0.3 is 19.5 Å². The molecule has 1 amide bonds. The number of rotatable bonds is 1. The van der Waals surface area contributed by atoms with Crippen molar-refractivity contribution in [2.45, 2.75) is 89.0 Å². The molecule has 2 bridgehead atoms. The second-order valence-electron chi connectivity index (χ2n) is 10.1. The van der Waals surface area contributed by atoms with Crippen molar-refractivity contribution in [3.05, 3.63) is 23.9 Å². The van der Waals surface area contributed by atoms with Crippen LogP contribution in [0, 0.1) is 0 Å². The molecule has 172 valence electrons. The third-order valence-corrected chi connectivity index (χ3v) is 6.63. The molecule has 7 heteroatoms. The molecule has 1 aromatic rings. The standard InChI is InChI=1S/C24H37N3O4/c1-24(2,3)31-23(28)26-20-7-5-13-27-14-15-29-22-19(6-4-12-25-22)17-8-10-18(11-9-17)30-16-21(20)27/h4,6,12,17-18,20-21H,5,7-11,13-16H2,1-3H3,(H,26,28)/t17?,18?,20-,21-/m0/s1. The molecule has 1 aliphatic carbocycles. The maximum Gasteiger partial charge on any atom is 0.407 e. The topological polar surface area (TPSA) is 72.9 Å². The lowest BCUT2D eigenvalue weighted by molar-refractivity contribution is -0.0323. The first-order valence-electron chi connectivity index (χ1n) is 11.8. The van der Waals surface area contributed by atoms with E-state index in [4.69, 9.17) is 14.2 Å². The van der Waals surface area contributed by atoms with Crippen molar-refractivity contribution in [2.75, 3.05) is 26.3 Å². The van der Waals surface area contributed by atoms with Gasteiger partial charge in [-0.1, -0.05) is 6.07 Å².